The van der Waals surface area contributed by atoms with Crippen LogP contribution in [0.5, 0.6) is 5.75 Å². The number of benzene rings is 1. The molecule has 0 aromatic heterocycles. The van der Waals surface area contributed by atoms with Crippen molar-refractivity contribution in [1.82, 2.24) is 0 Å². The van der Waals surface area contributed by atoms with Crippen LogP contribution in [0.2, 0.25) is 0 Å². The minimum atomic E-state index is -0.427. The van der Waals surface area contributed by atoms with Gasteiger partial charge in [0.25, 0.3) is 0 Å². The van der Waals surface area contributed by atoms with Gasteiger partial charge in [-0.3, -0.25) is 9.79 Å². The number of ether oxygens (including phenoxy) is 2. The Balaban J connectivity index is 2.15. The molecule has 0 saturated heterocycles. The van der Waals surface area contributed by atoms with Crippen LogP contribution in [0.1, 0.15) is 45.1 Å². The van der Waals surface area contributed by atoms with E-state index in [1.54, 1.807) is 7.11 Å². The Morgan fingerprint density at radius 1 is 1.12 bits per heavy atom. The lowest BCUT2D eigenvalue weighted by atomic mass is 9.63. The molecule has 1 saturated carbocycles. The van der Waals surface area contributed by atoms with Crippen molar-refractivity contribution in [3.63, 3.8) is 0 Å². The largest absolute Gasteiger partial charge is 0.497 e. The van der Waals surface area contributed by atoms with E-state index in [1.807, 2.05) is 31.2 Å². The molecule has 1 aliphatic heterocycles. The van der Waals surface area contributed by atoms with Gasteiger partial charge in [-0.1, -0.05) is 26.0 Å². The van der Waals surface area contributed by atoms with Gasteiger partial charge in [-0.2, -0.15) is 0 Å². The molecule has 2 atom stereocenters. The lowest BCUT2D eigenvalue weighted by Crippen LogP contribution is -2.44. The van der Waals surface area contributed by atoms with Crippen molar-refractivity contribution in [2.75, 3.05) is 14.2 Å². The predicted molar refractivity (Wildman–Crippen MR) is 99.4 cm³/mol. The minimum absolute atomic E-state index is 0.111. The summed E-state index contributed by atoms with van der Waals surface area (Å²) < 4.78 is 10.2. The Morgan fingerprint density at radius 3 is 2.35 bits per heavy atom. The van der Waals surface area contributed by atoms with Crippen molar-refractivity contribution >= 4 is 17.5 Å². The predicted octanol–water partition coefficient (Wildman–Crippen LogP) is 3.69. The number of fused-ring (bicyclic) bond motifs is 1. The maximum absolute atomic E-state index is 13.0. The smallest absolute Gasteiger partial charge is 0.336 e. The van der Waals surface area contributed by atoms with Crippen LogP contribution in [0.15, 0.2) is 40.5 Å². The van der Waals surface area contributed by atoms with E-state index in [1.165, 1.54) is 7.11 Å². The number of esters is 1. The number of hydrogen-bond acceptors (Lipinski definition) is 5. The van der Waals surface area contributed by atoms with E-state index in [9.17, 15) is 9.59 Å². The van der Waals surface area contributed by atoms with Crippen molar-refractivity contribution in [1.29, 1.82) is 0 Å². The molecule has 0 radical (unpaired) electrons. The van der Waals surface area contributed by atoms with E-state index in [0.29, 0.717) is 17.7 Å². The number of ketones is 1. The fraction of sp³-hybridized carbons (Fsp3) is 0.476. The Morgan fingerprint density at radius 2 is 1.77 bits per heavy atom. The second-order valence-corrected chi connectivity index (χ2v) is 7.81. The van der Waals surface area contributed by atoms with E-state index in [4.69, 9.17) is 9.47 Å². The monoisotopic (exact) mass is 355 g/mol. The van der Waals surface area contributed by atoms with Crippen molar-refractivity contribution < 1.29 is 19.1 Å². The molecular weight excluding hydrogens is 330 g/mol. The number of hydrogen-bond donors (Lipinski definition) is 0. The number of methoxy groups -OCH3 is 2. The molecule has 0 amide bonds. The standard InChI is InChI=1S/C21H25NO4/c1-12-17(20(24)26-5)18(13-6-8-14(25-4)9-7-13)19-15(22-12)10-21(2,3)11-16(19)23/h6-9,18-19H,10-11H2,1-5H3. The molecular formula is C21H25NO4. The third-order valence-corrected chi connectivity index (χ3v) is 5.24. The molecule has 1 aliphatic carbocycles. The third-order valence-electron chi connectivity index (χ3n) is 5.24. The fourth-order valence-electron chi connectivity index (χ4n) is 4.14. The third kappa shape index (κ3) is 3.18. The number of rotatable bonds is 3. The van der Waals surface area contributed by atoms with E-state index in [2.05, 4.69) is 18.8 Å². The van der Waals surface area contributed by atoms with Crippen LogP contribution in [-0.2, 0) is 14.3 Å². The normalized spacial score (nSPS) is 24.7. The van der Waals surface area contributed by atoms with E-state index in [-0.39, 0.29) is 17.1 Å². The SMILES string of the molecule is COC(=O)C1=C(C)N=C2CC(C)(C)CC(=O)C2C1c1ccc(OC)cc1. The first-order valence-corrected chi connectivity index (χ1v) is 8.80. The van der Waals surface area contributed by atoms with Gasteiger partial charge in [0.2, 0.25) is 0 Å². The van der Waals surface area contributed by atoms with E-state index < -0.39 is 11.9 Å². The molecule has 1 heterocycles. The van der Waals surface area contributed by atoms with E-state index >= 15 is 0 Å². The van der Waals surface area contributed by atoms with Gasteiger partial charge < -0.3 is 9.47 Å². The topological polar surface area (TPSA) is 65.0 Å². The summed E-state index contributed by atoms with van der Waals surface area (Å²) in [7, 11) is 2.97. The maximum atomic E-state index is 13.0. The number of nitrogens with zero attached hydrogens (tertiary/aromatic N) is 1. The number of aliphatic imine (C=N–C) groups is 1. The molecule has 3 rings (SSSR count). The molecule has 26 heavy (non-hydrogen) atoms. The summed E-state index contributed by atoms with van der Waals surface area (Å²) in [5.74, 6) is -0.341. The zero-order chi connectivity index (χ0) is 19.1. The first kappa shape index (κ1) is 18.4. The number of allylic oxidation sites excluding steroid dienone is 1. The van der Waals surface area contributed by atoms with Gasteiger partial charge in [0.1, 0.15) is 11.5 Å². The number of Topliss-reactive ketones (excluding diaryl/α,β-unsaturated/α-hetero) is 1. The van der Waals surface area contributed by atoms with Gasteiger partial charge in [0.05, 0.1) is 25.7 Å². The molecule has 2 unspecified atom stereocenters. The van der Waals surface area contributed by atoms with Gasteiger partial charge in [0, 0.05) is 23.7 Å². The van der Waals surface area contributed by atoms with Gasteiger partial charge in [0.15, 0.2) is 0 Å². The summed E-state index contributed by atoms with van der Waals surface area (Å²) in [5.41, 5.74) is 2.77. The lowest BCUT2D eigenvalue weighted by Gasteiger charge is -2.41. The van der Waals surface area contributed by atoms with Gasteiger partial charge >= 0.3 is 5.97 Å². The zero-order valence-electron chi connectivity index (χ0n) is 16.0. The maximum Gasteiger partial charge on any atom is 0.336 e. The quantitative estimate of drug-likeness (QED) is 0.776. The molecule has 1 aromatic carbocycles. The van der Waals surface area contributed by atoms with Crippen LogP contribution < -0.4 is 4.74 Å². The van der Waals surface area contributed by atoms with Crippen molar-refractivity contribution in [2.45, 2.75) is 39.5 Å². The minimum Gasteiger partial charge on any atom is -0.497 e. The molecule has 5 nitrogen and oxygen atoms in total. The zero-order valence-corrected chi connectivity index (χ0v) is 16.0. The Kier molecular flexibility index (Phi) is 4.74. The molecule has 0 bridgehead atoms. The molecule has 1 fully saturated rings. The summed E-state index contributed by atoms with van der Waals surface area (Å²) >= 11 is 0. The Hall–Kier alpha value is -2.43. The highest BCUT2D eigenvalue weighted by molar-refractivity contribution is 6.12. The summed E-state index contributed by atoms with van der Waals surface area (Å²) in [5, 5.41) is 0. The van der Waals surface area contributed by atoms with Crippen molar-refractivity contribution in [3.05, 3.63) is 41.1 Å². The highest BCUT2D eigenvalue weighted by atomic mass is 16.5. The number of carbonyl (C=O) groups is 2. The van der Waals surface area contributed by atoms with Crippen LogP contribution in [-0.4, -0.2) is 31.7 Å². The van der Waals surface area contributed by atoms with Crippen molar-refractivity contribution in [2.24, 2.45) is 16.3 Å². The average molecular weight is 355 g/mol. The average Bonchev–Trinajstić information content (AvgIpc) is 2.59. The number of carbonyl (C=O) groups excluding carboxylic acids is 2. The van der Waals surface area contributed by atoms with Gasteiger partial charge in [-0.05, 0) is 36.5 Å². The summed E-state index contributed by atoms with van der Waals surface area (Å²) in [6, 6.07) is 7.52. The summed E-state index contributed by atoms with van der Waals surface area (Å²) in [4.78, 5) is 30.2. The Labute approximate surface area is 154 Å². The molecule has 1 aromatic rings. The molecule has 5 heteroatoms. The van der Waals surface area contributed by atoms with Crippen LogP contribution in [0.25, 0.3) is 0 Å². The van der Waals surface area contributed by atoms with Crippen LogP contribution in [0.3, 0.4) is 0 Å². The second kappa shape index (κ2) is 6.71. The first-order chi connectivity index (χ1) is 12.3. The molecule has 2 aliphatic rings. The second-order valence-electron chi connectivity index (χ2n) is 7.81. The van der Waals surface area contributed by atoms with Crippen LogP contribution >= 0.6 is 0 Å². The lowest BCUT2D eigenvalue weighted by molar-refractivity contribution is -0.136. The van der Waals surface area contributed by atoms with E-state index in [0.717, 1.165) is 23.4 Å². The summed E-state index contributed by atoms with van der Waals surface area (Å²) in [6.45, 7) is 5.99. The molecule has 0 spiro atoms. The highest BCUT2D eigenvalue weighted by Gasteiger charge is 2.47. The van der Waals surface area contributed by atoms with Gasteiger partial charge in [-0.25, -0.2) is 4.79 Å². The first-order valence-electron chi connectivity index (χ1n) is 8.80. The van der Waals surface area contributed by atoms with Crippen molar-refractivity contribution in [3.8, 4) is 5.75 Å². The fourth-order valence-corrected chi connectivity index (χ4v) is 4.14. The Bertz CT molecular complexity index is 802. The van der Waals surface area contributed by atoms with Crippen LogP contribution in [0.4, 0.5) is 0 Å². The van der Waals surface area contributed by atoms with Crippen LogP contribution in [0, 0.1) is 11.3 Å². The highest BCUT2D eigenvalue weighted by Crippen LogP contribution is 2.47. The summed E-state index contributed by atoms with van der Waals surface area (Å²) in [6.07, 6.45) is 1.23. The molecule has 138 valence electrons. The van der Waals surface area contributed by atoms with Gasteiger partial charge in [-0.15, -0.1) is 0 Å². The molecule has 0 N–H and O–H groups in total.